The van der Waals surface area contributed by atoms with Crippen molar-refractivity contribution >= 4 is 10.0 Å². The third-order valence-corrected chi connectivity index (χ3v) is 4.50. The molecule has 6 heteroatoms. The molecule has 1 saturated heterocycles. The third-order valence-electron chi connectivity index (χ3n) is 2.47. The summed E-state index contributed by atoms with van der Waals surface area (Å²) in [5, 5.41) is 8.64. The van der Waals surface area contributed by atoms with E-state index in [0.717, 1.165) is 0 Å². The summed E-state index contributed by atoms with van der Waals surface area (Å²) in [6.45, 7) is 4.46. The molecule has 1 aliphatic rings. The van der Waals surface area contributed by atoms with E-state index in [4.69, 9.17) is 9.84 Å². The minimum Gasteiger partial charge on any atom is -0.396 e. The van der Waals surface area contributed by atoms with E-state index < -0.39 is 10.0 Å². The van der Waals surface area contributed by atoms with Gasteiger partial charge in [0.05, 0.1) is 18.5 Å². The van der Waals surface area contributed by atoms with Crippen LogP contribution in [-0.4, -0.2) is 55.5 Å². The zero-order valence-electron chi connectivity index (χ0n) is 9.22. The van der Waals surface area contributed by atoms with Crippen molar-refractivity contribution in [2.24, 2.45) is 0 Å². The van der Waals surface area contributed by atoms with Gasteiger partial charge >= 0.3 is 0 Å². The molecule has 90 valence electrons. The Morgan fingerprint density at radius 1 is 1.47 bits per heavy atom. The van der Waals surface area contributed by atoms with Gasteiger partial charge in [-0.1, -0.05) is 0 Å². The van der Waals surface area contributed by atoms with Crippen LogP contribution in [0.15, 0.2) is 0 Å². The molecule has 2 unspecified atom stereocenters. The Morgan fingerprint density at radius 2 is 2.13 bits per heavy atom. The summed E-state index contributed by atoms with van der Waals surface area (Å²) >= 11 is 0. The molecule has 1 aliphatic heterocycles. The highest BCUT2D eigenvalue weighted by Gasteiger charge is 2.32. The standard InChI is InChI=1S/C9H19NO4S/c1-8-7-14-9(2)6-10(8)15(12,13)5-3-4-11/h8-9,11H,3-7H2,1-2H3. The third kappa shape index (κ3) is 3.41. The maximum atomic E-state index is 11.9. The molecule has 0 bridgehead atoms. The van der Waals surface area contributed by atoms with Gasteiger partial charge in [-0.3, -0.25) is 0 Å². The van der Waals surface area contributed by atoms with Crippen LogP contribution in [0.25, 0.3) is 0 Å². The fourth-order valence-electron chi connectivity index (χ4n) is 1.62. The van der Waals surface area contributed by atoms with E-state index in [1.54, 1.807) is 0 Å². The fraction of sp³-hybridized carbons (Fsp3) is 1.00. The number of sulfonamides is 1. The normalized spacial score (nSPS) is 29.3. The van der Waals surface area contributed by atoms with Crippen molar-refractivity contribution in [3.05, 3.63) is 0 Å². The smallest absolute Gasteiger partial charge is 0.214 e. The summed E-state index contributed by atoms with van der Waals surface area (Å²) in [6.07, 6.45) is 0.242. The predicted octanol–water partition coefficient (Wildman–Crippen LogP) is -0.192. The molecular formula is C9H19NO4S. The van der Waals surface area contributed by atoms with Crippen LogP contribution in [-0.2, 0) is 14.8 Å². The number of aliphatic hydroxyl groups is 1. The van der Waals surface area contributed by atoms with Crippen molar-refractivity contribution in [3.8, 4) is 0 Å². The summed E-state index contributed by atoms with van der Waals surface area (Å²) in [7, 11) is -3.23. The number of rotatable bonds is 4. The summed E-state index contributed by atoms with van der Waals surface area (Å²) in [4.78, 5) is 0. The van der Waals surface area contributed by atoms with Gasteiger partial charge in [-0.25, -0.2) is 8.42 Å². The van der Waals surface area contributed by atoms with E-state index in [2.05, 4.69) is 0 Å². The van der Waals surface area contributed by atoms with Gasteiger partial charge in [0.2, 0.25) is 10.0 Å². The lowest BCUT2D eigenvalue weighted by Crippen LogP contribution is -2.50. The van der Waals surface area contributed by atoms with E-state index in [9.17, 15) is 8.42 Å². The fourth-order valence-corrected chi connectivity index (χ4v) is 3.40. The molecule has 0 aromatic heterocycles. The highest BCUT2D eigenvalue weighted by molar-refractivity contribution is 7.89. The molecule has 5 nitrogen and oxygen atoms in total. The van der Waals surface area contributed by atoms with Gasteiger partial charge in [0, 0.05) is 19.2 Å². The SMILES string of the molecule is CC1CN(S(=O)(=O)CCCO)C(C)CO1. The van der Waals surface area contributed by atoms with Crippen molar-refractivity contribution in [2.75, 3.05) is 25.5 Å². The van der Waals surface area contributed by atoms with Gasteiger partial charge in [-0.2, -0.15) is 4.31 Å². The van der Waals surface area contributed by atoms with Gasteiger partial charge in [0.25, 0.3) is 0 Å². The summed E-state index contributed by atoms with van der Waals surface area (Å²) in [6, 6.07) is -0.107. The largest absolute Gasteiger partial charge is 0.396 e. The molecule has 1 heterocycles. The number of morpholine rings is 1. The van der Waals surface area contributed by atoms with Crippen LogP contribution >= 0.6 is 0 Å². The Morgan fingerprint density at radius 3 is 2.73 bits per heavy atom. The average Bonchev–Trinajstić information content (AvgIpc) is 2.18. The van der Waals surface area contributed by atoms with E-state index in [1.165, 1.54) is 4.31 Å². The first-order valence-electron chi connectivity index (χ1n) is 5.19. The Balaban J connectivity index is 2.67. The minimum atomic E-state index is -3.23. The topological polar surface area (TPSA) is 66.8 Å². The van der Waals surface area contributed by atoms with Gasteiger partial charge in [-0.15, -0.1) is 0 Å². The van der Waals surface area contributed by atoms with Crippen LogP contribution in [0.5, 0.6) is 0 Å². The number of hydrogen-bond donors (Lipinski definition) is 1. The molecular weight excluding hydrogens is 218 g/mol. The second kappa shape index (κ2) is 5.25. The van der Waals surface area contributed by atoms with Crippen LogP contribution < -0.4 is 0 Å². The van der Waals surface area contributed by atoms with Crippen molar-refractivity contribution in [3.63, 3.8) is 0 Å². The molecule has 1 rings (SSSR count). The lowest BCUT2D eigenvalue weighted by molar-refractivity contribution is -0.0170. The zero-order chi connectivity index (χ0) is 11.5. The zero-order valence-corrected chi connectivity index (χ0v) is 10.0. The molecule has 0 amide bonds. The van der Waals surface area contributed by atoms with E-state index in [0.29, 0.717) is 19.6 Å². The van der Waals surface area contributed by atoms with Gasteiger partial charge in [-0.05, 0) is 20.3 Å². The number of ether oxygens (including phenoxy) is 1. The van der Waals surface area contributed by atoms with E-state index >= 15 is 0 Å². The summed E-state index contributed by atoms with van der Waals surface area (Å²) in [5.74, 6) is 0.0144. The number of nitrogens with zero attached hydrogens (tertiary/aromatic N) is 1. The van der Waals surface area contributed by atoms with Crippen molar-refractivity contribution in [2.45, 2.75) is 32.4 Å². The second-order valence-electron chi connectivity index (χ2n) is 3.96. The first-order valence-corrected chi connectivity index (χ1v) is 6.80. The summed E-state index contributed by atoms with van der Waals surface area (Å²) in [5.41, 5.74) is 0. The first-order chi connectivity index (χ1) is 6.97. The molecule has 2 atom stereocenters. The van der Waals surface area contributed by atoms with E-state index in [1.807, 2.05) is 13.8 Å². The minimum absolute atomic E-state index is 0.0144. The Kier molecular flexibility index (Phi) is 4.51. The van der Waals surface area contributed by atoms with Gasteiger partial charge in [0.1, 0.15) is 0 Å². The average molecular weight is 237 g/mol. The molecule has 1 N–H and O–H groups in total. The van der Waals surface area contributed by atoms with Crippen LogP contribution in [0, 0.1) is 0 Å². The monoisotopic (exact) mass is 237 g/mol. The van der Waals surface area contributed by atoms with E-state index in [-0.39, 0.29) is 24.5 Å². The Bertz CT molecular complexity index is 290. The van der Waals surface area contributed by atoms with Crippen LogP contribution in [0.2, 0.25) is 0 Å². The Labute approximate surface area is 91.1 Å². The highest BCUT2D eigenvalue weighted by Crippen LogP contribution is 2.16. The van der Waals surface area contributed by atoms with Gasteiger partial charge in [0.15, 0.2) is 0 Å². The van der Waals surface area contributed by atoms with Crippen molar-refractivity contribution in [1.82, 2.24) is 4.31 Å². The molecule has 0 radical (unpaired) electrons. The second-order valence-corrected chi connectivity index (χ2v) is 6.00. The maximum Gasteiger partial charge on any atom is 0.214 e. The lowest BCUT2D eigenvalue weighted by Gasteiger charge is -2.35. The van der Waals surface area contributed by atoms with Gasteiger partial charge < -0.3 is 9.84 Å². The quantitative estimate of drug-likeness (QED) is 0.736. The van der Waals surface area contributed by atoms with Crippen LogP contribution in [0.4, 0.5) is 0 Å². The van der Waals surface area contributed by atoms with Crippen LogP contribution in [0.1, 0.15) is 20.3 Å². The number of hydrogen-bond acceptors (Lipinski definition) is 4. The summed E-state index contributed by atoms with van der Waals surface area (Å²) < 4.78 is 30.6. The van der Waals surface area contributed by atoms with Crippen molar-refractivity contribution in [1.29, 1.82) is 0 Å². The molecule has 0 aromatic rings. The molecule has 0 aromatic carbocycles. The molecule has 15 heavy (non-hydrogen) atoms. The van der Waals surface area contributed by atoms with Crippen molar-refractivity contribution < 1.29 is 18.3 Å². The maximum absolute atomic E-state index is 11.9. The molecule has 0 saturated carbocycles. The number of aliphatic hydroxyl groups excluding tert-OH is 1. The molecule has 0 aliphatic carbocycles. The van der Waals surface area contributed by atoms with Crippen LogP contribution in [0.3, 0.4) is 0 Å². The molecule has 0 spiro atoms. The Hall–Kier alpha value is -0.170. The first kappa shape index (κ1) is 12.9. The lowest BCUT2D eigenvalue weighted by atomic mass is 10.2. The molecule has 1 fully saturated rings. The highest BCUT2D eigenvalue weighted by atomic mass is 32.2. The predicted molar refractivity (Wildman–Crippen MR) is 57.1 cm³/mol.